The molecular formula is C23H32O3. The van der Waals surface area contributed by atoms with Gasteiger partial charge in [0, 0.05) is 17.8 Å². The molecule has 26 heavy (non-hydrogen) atoms. The van der Waals surface area contributed by atoms with Crippen molar-refractivity contribution in [3.8, 4) is 0 Å². The van der Waals surface area contributed by atoms with E-state index in [-0.39, 0.29) is 23.1 Å². The van der Waals surface area contributed by atoms with Crippen molar-refractivity contribution in [3.63, 3.8) is 0 Å². The molecular weight excluding hydrogens is 324 g/mol. The van der Waals surface area contributed by atoms with Crippen molar-refractivity contribution in [1.29, 1.82) is 0 Å². The highest BCUT2D eigenvalue weighted by Gasteiger charge is 2.78. The molecule has 0 amide bonds. The monoisotopic (exact) mass is 356 g/mol. The van der Waals surface area contributed by atoms with Gasteiger partial charge in [0.1, 0.15) is 5.60 Å². The van der Waals surface area contributed by atoms with Crippen LogP contribution in [-0.4, -0.2) is 22.8 Å². The summed E-state index contributed by atoms with van der Waals surface area (Å²) in [6.07, 6.45) is 11.9. The van der Waals surface area contributed by atoms with Gasteiger partial charge in [-0.2, -0.15) is 0 Å². The quantitative estimate of drug-likeness (QED) is 0.521. The number of aliphatic hydroxyl groups excluding tert-OH is 1. The minimum atomic E-state index is -0.219. The van der Waals surface area contributed by atoms with Crippen molar-refractivity contribution in [2.24, 2.45) is 40.4 Å². The lowest BCUT2D eigenvalue weighted by Gasteiger charge is -2.60. The summed E-state index contributed by atoms with van der Waals surface area (Å²) in [5, 5.41) is 10.1. The van der Waals surface area contributed by atoms with Gasteiger partial charge >= 0.3 is 5.97 Å². The van der Waals surface area contributed by atoms with Crippen LogP contribution in [0.25, 0.3) is 0 Å². The Bertz CT molecular complexity index is 712. The third-order valence-electron chi connectivity index (χ3n) is 10.2. The van der Waals surface area contributed by atoms with Gasteiger partial charge in [-0.05, 0) is 80.5 Å². The summed E-state index contributed by atoms with van der Waals surface area (Å²) in [7, 11) is 0. The van der Waals surface area contributed by atoms with Crippen molar-refractivity contribution >= 4 is 5.97 Å². The van der Waals surface area contributed by atoms with Crippen molar-refractivity contribution < 1.29 is 14.6 Å². The molecule has 3 nitrogen and oxygen atoms in total. The average Bonchev–Trinajstić information content (AvgIpc) is 3.24. The van der Waals surface area contributed by atoms with E-state index in [0.717, 1.165) is 42.9 Å². The summed E-state index contributed by atoms with van der Waals surface area (Å²) in [6.45, 7) is 4.98. The molecule has 142 valence electrons. The van der Waals surface area contributed by atoms with Crippen molar-refractivity contribution in [1.82, 2.24) is 0 Å². The van der Waals surface area contributed by atoms with E-state index in [1.165, 1.54) is 32.1 Å². The minimum absolute atomic E-state index is 0.0572. The number of esters is 1. The number of hydrogen-bond donors (Lipinski definition) is 1. The summed E-state index contributed by atoms with van der Waals surface area (Å²) in [4.78, 5) is 12.1. The Morgan fingerprint density at radius 2 is 1.88 bits per heavy atom. The molecule has 6 rings (SSSR count). The highest BCUT2D eigenvalue weighted by Crippen LogP contribution is 2.79. The normalized spacial score (nSPS) is 59.8. The van der Waals surface area contributed by atoms with Gasteiger partial charge in [-0.15, -0.1) is 0 Å². The third kappa shape index (κ3) is 1.69. The lowest BCUT2D eigenvalue weighted by molar-refractivity contribution is -0.176. The summed E-state index contributed by atoms with van der Waals surface area (Å²) in [6, 6.07) is 0. The zero-order valence-corrected chi connectivity index (χ0v) is 16.2. The maximum Gasteiger partial charge on any atom is 0.306 e. The smallest absolute Gasteiger partial charge is 0.306 e. The first-order chi connectivity index (χ1) is 12.4. The van der Waals surface area contributed by atoms with Gasteiger partial charge in [0.05, 0.1) is 6.10 Å². The van der Waals surface area contributed by atoms with E-state index >= 15 is 0 Å². The Hall–Kier alpha value is -0.830. The standard InChI is InChI=1S/C23H32O3/c1-21-8-5-14(24)11-13(21)3-4-15-17(21)6-9-22(2)20(15)16-12-18(16)23(22)10-7-19(25)26-23/h11,14-18,20,24H,3-10,12H2,1-2H3/t14-,15+,16+,17-,18-,20+,21-,22-,23-/m0/s1. The molecule has 5 aliphatic carbocycles. The van der Waals surface area contributed by atoms with Crippen LogP contribution in [0, 0.1) is 40.4 Å². The van der Waals surface area contributed by atoms with Gasteiger partial charge in [0.2, 0.25) is 0 Å². The van der Waals surface area contributed by atoms with E-state index in [9.17, 15) is 9.90 Å². The van der Waals surface area contributed by atoms with Crippen molar-refractivity contribution in [2.75, 3.05) is 0 Å². The molecule has 9 atom stereocenters. The van der Waals surface area contributed by atoms with Gasteiger partial charge in [0.25, 0.3) is 0 Å². The second-order valence-corrected chi connectivity index (χ2v) is 10.9. The highest BCUT2D eigenvalue weighted by molar-refractivity contribution is 5.73. The van der Waals surface area contributed by atoms with E-state index in [2.05, 4.69) is 19.9 Å². The molecule has 0 unspecified atom stereocenters. The Labute approximate surface area is 156 Å². The Morgan fingerprint density at radius 3 is 2.65 bits per heavy atom. The highest BCUT2D eigenvalue weighted by atomic mass is 16.6. The molecule has 3 heteroatoms. The summed E-state index contributed by atoms with van der Waals surface area (Å²) in [5.74, 6) is 3.83. The number of fused-ring (bicyclic) bond motifs is 9. The SMILES string of the molecule is C[C@]12CC[C@H](O)C=C1CC[C@H]1[C@@H]3[C@@H]4C[C@@H]4[C@@]4(CCC(=O)O4)[C@@]3(C)CC[C@@H]12. The van der Waals surface area contributed by atoms with Crippen LogP contribution in [0.5, 0.6) is 0 Å². The fraction of sp³-hybridized carbons (Fsp3) is 0.870. The van der Waals surface area contributed by atoms with Crippen LogP contribution in [0.15, 0.2) is 11.6 Å². The molecule has 1 spiro atoms. The number of rotatable bonds is 0. The first-order valence-electron chi connectivity index (χ1n) is 11.0. The molecule has 6 aliphatic rings. The Balaban J connectivity index is 1.39. The molecule has 4 saturated carbocycles. The molecule has 5 fully saturated rings. The summed E-state index contributed by atoms with van der Waals surface area (Å²) < 4.78 is 6.18. The topological polar surface area (TPSA) is 46.5 Å². The third-order valence-corrected chi connectivity index (χ3v) is 10.2. The van der Waals surface area contributed by atoms with Crippen molar-refractivity contribution in [3.05, 3.63) is 11.6 Å². The molecule has 0 aromatic carbocycles. The van der Waals surface area contributed by atoms with Gasteiger partial charge < -0.3 is 9.84 Å². The maximum atomic E-state index is 12.1. The first-order valence-corrected chi connectivity index (χ1v) is 11.0. The molecule has 0 aromatic heterocycles. The van der Waals surface area contributed by atoms with E-state index in [1.54, 1.807) is 5.57 Å². The Morgan fingerprint density at radius 1 is 1.04 bits per heavy atom. The number of ether oxygens (including phenoxy) is 1. The van der Waals surface area contributed by atoms with E-state index in [1.807, 2.05) is 0 Å². The molecule has 1 N–H and O–H groups in total. The Kier molecular flexibility index (Phi) is 2.96. The van der Waals surface area contributed by atoms with Gasteiger partial charge in [-0.1, -0.05) is 25.5 Å². The zero-order chi connectivity index (χ0) is 17.9. The predicted octanol–water partition coefficient (Wildman–Crippen LogP) is 4.24. The van der Waals surface area contributed by atoms with Crippen LogP contribution < -0.4 is 0 Å². The van der Waals surface area contributed by atoms with Gasteiger partial charge in [-0.3, -0.25) is 4.79 Å². The van der Waals surface area contributed by atoms with Crippen LogP contribution in [-0.2, 0) is 9.53 Å². The number of hydrogen-bond acceptors (Lipinski definition) is 3. The van der Waals surface area contributed by atoms with Crippen LogP contribution in [0.1, 0.15) is 71.6 Å². The fourth-order valence-corrected chi connectivity index (χ4v) is 9.07. The van der Waals surface area contributed by atoms with Gasteiger partial charge in [-0.25, -0.2) is 0 Å². The first kappa shape index (κ1) is 16.2. The average molecular weight is 357 g/mol. The number of carbonyl (C=O) groups is 1. The molecule has 1 aliphatic heterocycles. The van der Waals surface area contributed by atoms with E-state index in [4.69, 9.17) is 4.74 Å². The van der Waals surface area contributed by atoms with Crippen LogP contribution in [0.2, 0.25) is 0 Å². The predicted molar refractivity (Wildman–Crippen MR) is 98.1 cm³/mol. The summed E-state index contributed by atoms with van der Waals surface area (Å²) >= 11 is 0. The molecule has 1 saturated heterocycles. The zero-order valence-electron chi connectivity index (χ0n) is 16.2. The second-order valence-electron chi connectivity index (χ2n) is 10.9. The summed E-state index contributed by atoms with van der Waals surface area (Å²) in [5.41, 5.74) is 1.94. The van der Waals surface area contributed by atoms with Crippen molar-refractivity contribution in [2.45, 2.75) is 83.3 Å². The molecule has 0 bridgehead atoms. The fourth-order valence-electron chi connectivity index (χ4n) is 9.07. The molecule has 0 aromatic rings. The van der Waals surface area contributed by atoms with E-state index in [0.29, 0.717) is 17.8 Å². The number of allylic oxidation sites excluding steroid dienone is 1. The number of carbonyl (C=O) groups excluding carboxylic acids is 1. The lowest BCUT2D eigenvalue weighted by Crippen LogP contribution is -2.56. The minimum Gasteiger partial charge on any atom is -0.458 e. The van der Waals surface area contributed by atoms with E-state index < -0.39 is 0 Å². The number of aliphatic hydroxyl groups is 1. The maximum absolute atomic E-state index is 12.1. The lowest BCUT2D eigenvalue weighted by atomic mass is 9.45. The molecule has 1 heterocycles. The largest absolute Gasteiger partial charge is 0.458 e. The van der Waals surface area contributed by atoms with Crippen LogP contribution >= 0.6 is 0 Å². The second kappa shape index (κ2) is 4.77. The van der Waals surface area contributed by atoms with Crippen LogP contribution in [0.3, 0.4) is 0 Å². The molecule has 0 radical (unpaired) electrons. The van der Waals surface area contributed by atoms with Crippen LogP contribution in [0.4, 0.5) is 0 Å². The van der Waals surface area contributed by atoms with Gasteiger partial charge in [0.15, 0.2) is 0 Å².